The van der Waals surface area contributed by atoms with Gasteiger partial charge in [0.1, 0.15) is 11.6 Å². The zero-order valence-electron chi connectivity index (χ0n) is 20.9. The fourth-order valence-electron chi connectivity index (χ4n) is 3.71. The van der Waals surface area contributed by atoms with Crippen LogP contribution in [0.15, 0.2) is 24.3 Å². The van der Waals surface area contributed by atoms with Crippen molar-refractivity contribution in [2.75, 3.05) is 39.3 Å². The number of rotatable bonds is 8. The van der Waals surface area contributed by atoms with Crippen molar-refractivity contribution in [3.63, 3.8) is 0 Å². The molecule has 1 aromatic rings. The molecule has 0 bridgehead atoms. The number of hydrogen-bond acceptors (Lipinski definition) is 5. The Balaban J connectivity index is 1.80. The number of amides is 3. The molecule has 0 radical (unpaired) electrons. The van der Waals surface area contributed by atoms with Crippen molar-refractivity contribution in [1.29, 1.82) is 0 Å². The van der Waals surface area contributed by atoms with Gasteiger partial charge in [-0.15, -0.1) is 0 Å². The molecule has 8 nitrogen and oxygen atoms in total. The van der Waals surface area contributed by atoms with Crippen molar-refractivity contribution < 1.29 is 19.1 Å². The lowest BCUT2D eigenvalue weighted by Gasteiger charge is -2.35. The minimum absolute atomic E-state index is 0.168. The van der Waals surface area contributed by atoms with Crippen molar-refractivity contribution in [2.45, 2.75) is 59.6 Å². The Kier molecular flexibility index (Phi) is 9.70. The predicted octanol–water partition coefficient (Wildman–Crippen LogP) is 2.81. The van der Waals surface area contributed by atoms with Gasteiger partial charge in [-0.3, -0.25) is 14.5 Å². The SMILES string of the molecule is Cc1ccccc1C(=O)NC(CC(C)C)C(=O)NCCN1CCN(C(=O)OC(C)(C)C)CC1. The third-order valence-electron chi connectivity index (χ3n) is 5.47. The number of aryl methyl sites for hydroxylation is 1. The van der Waals surface area contributed by atoms with Gasteiger partial charge in [0.25, 0.3) is 5.91 Å². The summed E-state index contributed by atoms with van der Waals surface area (Å²) < 4.78 is 5.43. The van der Waals surface area contributed by atoms with Crippen LogP contribution in [0.5, 0.6) is 0 Å². The van der Waals surface area contributed by atoms with E-state index in [0.29, 0.717) is 38.2 Å². The van der Waals surface area contributed by atoms with Crippen LogP contribution in [0.3, 0.4) is 0 Å². The van der Waals surface area contributed by atoms with Crippen molar-refractivity contribution in [3.8, 4) is 0 Å². The molecular weight excluding hydrogens is 420 g/mol. The summed E-state index contributed by atoms with van der Waals surface area (Å²) in [5, 5.41) is 5.88. The smallest absolute Gasteiger partial charge is 0.410 e. The van der Waals surface area contributed by atoms with Gasteiger partial charge in [-0.05, 0) is 51.7 Å². The summed E-state index contributed by atoms with van der Waals surface area (Å²) in [4.78, 5) is 41.7. The number of hydrogen-bond donors (Lipinski definition) is 2. The van der Waals surface area contributed by atoms with Crippen LogP contribution >= 0.6 is 0 Å². The van der Waals surface area contributed by atoms with Crippen LogP contribution in [0.1, 0.15) is 57.0 Å². The van der Waals surface area contributed by atoms with E-state index in [1.807, 2.05) is 59.7 Å². The number of benzene rings is 1. The van der Waals surface area contributed by atoms with Gasteiger partial charge in [0.05, 0.1) is 0 Å². The number of piperazine rings is 1. The molecule has 184 valence electrons. The Hall–Kier alpha value is -2.61. The maximum atomic E-state index is 12.8. The van der Waals surface area contributed by atoms with Crippen LogP contribution < -0.4 is 10.6 Å². The van der Waals surface area contributed by atoms with Gasteiger partial charge in [-0.1, -0.05) is 32.0 Å². The molecule has 2 rings (SSSR count). The van der Waals surface area contributed by atoms with Gasteiger partial charge in [0, 0.05) is 44.8 Å². The van der Waals surface area contributed by atoms with Crippen LogP contribution in [0.2, 0.25) is 0 Å². The van der Waals surface area contributed by atoms with E-state index in [1.165, 1.54) is 0 Å². The Morgan fingerprint density at radius 2 is 1.70 bits per heavy atom. The van der Waals surface area contributed by atoms with E-state index in [2.05, 4.69) is 15.5 Å². The Bertz CT molecular complexity index is 811. The topological polar surface area (TPSA) is 91.0 Å². The van der Waals surface area contributed by atoms with E-state index >= 15 is 0 Å². The van der Waals surface area contributed by atoms with Gasteiger partial charge in [-0.2, -0.15) is 0 Å². The third kappa shape index (κ3) is 9.04. The fourth-order valence-corrected chi connectivity index (χ4v) is 3.71. The van der Waals surface area contributed by atoms with Crippen LogP contribution in [0, 0.1) is 12.8 Å². The largest absolute Gasteiger partial charge is 0.444 e. The molecule has 1 fully saturated rings. The lowest BCUT2D eigenvalue weighted by Crippen LogP contribution is -2.52. The molecule has 3 amide bonds. The standard InChI is InChI=1S/C25H40N4O4/c1-18(2)17-21(27-22(30)20-10-8-7-9-19(20)3)23(31)26-11-12-28-13-15-29(16-14-28)24(32)33-25(4,5)6/h7-10,18,21H,11-17H2,1-6H3,(H,26,31)(H,27,30). The van der Waals surface area contributed by atoms with E-state index in [0.717, 1.165) is 18.7 Å². The molecule has 1 heterocycles. The Morgan fingerprint density at radius 1 is 1.06 bits per heavy atom. The summed E-state index contributed by atoms with van der Waals surface area (Å²) in [5.74, 6) is -0.135. The van der Waals surface area contributed by atoms with E-state index in [-0.39, 0.29) is 23.8 Å². The van der Waals surface area contributed by atoms with Crippen molar-refractivity contribution in [3.05, 3.63) is 35.4 Å². The van der Waals surface area contributed by atoms with Crippen molar-refractivity contribution in [1.82, 2.24) is 20.4 Å². The minimum Gasteiger partial charge on any atom is -0.444 e. The summed E-state index contributed by atoms with van der Waals surface area (Å²) in [6, 6.07) is 6.78. The van der Waals surface area contributed by atoms with Gasteiger partial charge in [-0.25, -0.2) is 4.79 Å². The molecule has 0 aromatic heterocycles. The van der Waals surface area contributed by atoms with E-state index in [1.54, 1.807) is 11.0 Å². The fraction of sp³-hybridized carbons (Fsp3) is 0.640. The van der Waals surface area contributed by atoms with E-state index in [4.69, 9.17) is 4.74 Å². The first-order chi connectivity index (χ1) is 15.5. The second-order valence-electron chi connectivity index (χ2n) is 10.1. The molecule has 0 spiro atoms. The molecule has 1 aromatic carbocycles. The zero-order valence-corrected chi connectivity index (χ0v) is 20.9. The highest BCUT2D eigenvalue weighted by Gasteiger charge is 2.26. The molecule has 1 saturated heterocycles. The average Bonchev–Trinajstić information content (AvgIpc) is 2.72. The van der Waals surface area contributed by atoms with E-state index in [9.17, 15) is 14.4 Å². The molecule has 1 aliphatic heterocycles. The van der Waals surface area contributed by atoms with Crippen LogP contribution in [-0.4, -0.2) is 78.6 Å². The second-order valence-corrected chi connectivity index (χ2v) is 10.1. The first kappa shape index (κ1) is 26.6. The van der Waals surface area contributed by atoms with Gasteiger partial charge < -0.3 is 20.3 Å². The zero-order chi connectivity index (χ0) is 24.6. The molecule has 8 heteroatoms. The summed E-state index contributed by atoms with van der Waals surface area (Å²) in [6.07, 6.45) is 0.286. The highest BCUT2D eigenvalue weighted by Crippen LogP contribution is 2.12. The maximum Gasteiger partial charge on any atom is 0.410 e. The maximum absolute atomic E-state index is 12.8. The normalized spacial score (nSPS) is 15.8. The number of nitrogens with one attached hydrogen (secondary N) is 2. The van der Waals surface area contributed by atoms with E-state index < -0.39 is 11.6 Å². The first-order valence-electron chi connectivity index (χ1n) is 11.8. The molecule has 1 aliphatic rings. The molecule has 33 heavy (non-hydrogen) atoms. The monoisotopic (exact) mass is 460 g/mol. The number of carbonyl (C=O) groups excluding carboxylic acids is 3. The van der Waals surface area contributed by atoms with Gasteiger partial charge in [0.2, 0.25) is 5.91 Å². The molecule has 1 atom stereocenters. The molecule has 2 N–H and O–H groups in total. The van der Waals surface area contributed by atoms with Crippen LogP contribution in [0.25, 0.3) is 0 Å². The summed E-state index contributed by atoms with van der Waals surface area (Å²) in [6.45, 7) is 15.4. The highest BCUT2D eigenvalue weighted by atomic mass is 16.6. The number of nitrogens with zero attached hydrogens (tertiary/aromatic N) is 2. The first-order valence-corrected chi connectivity index (χ1v) is 11.8. The molecule has 1 unspecified atom stereocenters. The van der Waals surface area contributed by atoms with Crippen molar-refractivity contribution >= 4 is 17.9 Å². The van der Waals surface area contributed by atoms with Gasteiger partial charge >= 0.3 is 6.09 Å². The summed E-state index contributed by atoms with van der Waals surface area (Å²) in [5.41, 5.74) is 0.964. The van der Waals surface area contributed by atoms with Gasteiger partial charge in [0.15, 0.2) is 0 Å². The quantitative estimate of drug-likeness (QED) is 0.623. The lowest BCUT2D eigenvalue weighted by molar-refractivity contribution is -0.123. The molecule has 0 saturated carbocycles. The number of ether oxygens (including phenoxy) is 1. The van der Waals surface area contributed by atoms with Crippen LogP contribution in [0.4, 0.5) is 4.79 Å². The lowest BCUT2D eigenvalue weighted by atomic mass is 10.0. The average molecular weight is 461 g/mol. The highest BCUT2D eigenvalue weighted by molar-refractivity contribution is 5.98. The minimum atomic E-state index is -0.582. The molecular formula is C25H40N4O4. The number of carbonyl (C=O) groups is 3. The summed E-state index contributed by atoms with van der Waals surface area (Å²) in [7, 11) is 0. The van der Waals surface area contributed by atoms with Crippen molar-refractivity contribution in [2.24, 2.45) is 5.92 Å². The predicted molar refractivity (Wildman–Crippen MR) is 129 cm³/mol. The molecule has 0 aliphatic carbocycles. The Morgan fingerprint density at radius 3 is 2.27 bits per heavy atom. The van der Waals surface area contributed by atoms with Crippen LogP contribution in [-0.2, 0) is 9.53 Å². The Labute approximate surface area is 198 Å². The second kappa shape index (κ2) is 12.0. The summed E-state index contributed by atoms with van der Waals surface area (Å²) >= 11 is 0. The third-order valence-corrected chi connectivity index (χ3v) is 5.47.